The number of pyridine rings is 1. The molecule has 3 atom stereocenters. The quantitative estimate of drug-likeness (QED) is 0.219. The number of rotatable bonds is 7. The van der Waals surface area contributed by atoms with Crippen molar-refractivity contribution >= 4 is 51.9 Å². The number of esters is 1. The SMILES string of the molecule is C=CC1C[C@]1(NC(=O)C1CCCB1C#N)C(=O)OC.COc1ccc2c(=O)cc(-c3csc(NC(C)=O)n3)[nH]c2c1. The van der Waals surface area contributed by atoms with Crippen LogP contribution in [0.2, 0.25) is 12.1 Å². The molecule has 11 nitrogen and oxygen atoms in total. The molecule has 2 fully saturated rings. The van der Waals surface area contributed by atoms with Crippen LogP contribution in [0.25, 0.3) is 22.3 Å². The molecule has 0 radical (unpaired) electrons. The standard InChI is InChI=1S/C15H13N3O3S.C13H17BN2O3/c1-8(19)16-15-18-13(7-22-15)12-6-14(20)10-4-3-9(21-2)5-11(10)17-12;1-3-9-7-13(9,12(18)19-2)16-11(17)10-5-4-6-14(10)8-15/h3-7H,1-2H3,(H,17,20)(H,16,18,19);3,9-10H,1,4-7H2,2H3,(H,16,17)/t;9?,10?,13-/m.1/s1. The van der Waals surface area contributed by atoms with Gasteiger partial charge in [-0.25, -0.2) is 15.0 Å². The molecule has 2 aliphatic rings. The second kappa shape index (κ2) is 12.4. The smallest absolute Gasteiger partial charge is 0.332 e. The van der Waals surface area contributed by atoms with Crippen LogP contribution in [-0.4, -0.2) is 54.2 Å². The molecule has 1 saturated carbocycles. The number of nitriles is 1. The molecule has 0 bridgehead atoms. The number of hydrogen-bond acceptors (Lipinski definition) is 9. The third-order valence-electron chi connectivity index (χ3n) is 7.31. The van der Waals surface area contributed by atoms with E-state index < -0.39 is 11.5 Å². The third kappa shape index (κ3) is 6.33. The highest BCUT2D eigenvalue weighted by Gasteiger charge is 2.61. The molecule has 212 valence electrons. The van der Waals surface area contributed by atoms with Gasteiger partial charge in [0.1, 0.15) is 11.3 Å². The molecule has 3 aromatic rings. The number of thiazole rings is 1. The molecule has 0 spiro atoms. The number of aromatic nitrogens is 2. The number of H-pyrrole nitrogens is 1. The van der Waals surface area contributed by atoms with Crippen LogP contribution in [0.1, 0.15) is 26.2 Å². The van der Waals surface area contributed by atoms with Gasteiger partial charge in [-0.05, 0) is 25.0 Å². The lowest BCUT2D eigenvalue weighted by Crippen LogP contribution is -2.48. The molecule has 3 N–H and O–H groups in total. The van der Waals surface area contributed by atoms with Crippen molar-refractivity contribution in [2.24, 2.45) is 5.92 Å². The monoisotopic (exact) mass is 575 g/mol. The van der Waals surface area contributed by atoms with E-state index in [1.54, 1.807) is 36.8 Å². The number of hydrogen-bond donors (Lipinski definition) is 3. The summed E-state index contributed by atoms with van der Waals surface area (Å²) in [6, 6.07) is 6.73. The fourth-order valence-electron chi connectivity index (χ4n) is 5.03. The Morgan fingerprint density at radius 3 is 2.73 bits per heavy atom. The molecule has 2 unspecified atom stereocenters. The van der Waals surface area contributed by atoms with E-state index in [0.29, 0.717) is 46.0 Å². The number of methoxy groups -OCH3 is 2. The molecule has 41 heavy (non-hydrogen) atoms. The second-order valence-corrected chi connectivity index (χ2v) is 10.8. The van der Waals surface area contributed by atoms with Gasteiger partial charge in [0.05, 0.1) is 31.1 Å². The Hall–Kier alpha value is -4.44. The summed E-state index contributed by atoms with van der Waals surface area (Å²) in [6.07, 6.45) is 4.53. The zero-order valence-electron chi connectivity index (χ0n) is 23.0. The Balaban J connectivity index is 0.000000191. The van der Waals surface area contributed by atoms with Gasteiger partial charge in [-0.1, -0.05) is 18.8 Å². The molecule has 13 heteroatoms. The van der Waals surface area contributed by atoms with Crippen molar-refractivity contribution < 1.29 is 23.9 Å². The summed E-state index contributed by atoms with van der Waals surface area (Å²) in [5.41, 5.74) is 0.835. The predicted molar refractivity (Wildman–Crippen MR) is 157 cm³/mol. The van der Waals surface area contributed by atoms with E-state index in [1.807, 2.05) is 0 Å². The fourth-order valence-corrected chi connectivity index (χ4v) is 5.78. The first-order valence-corrected chi connectivity index (χ1v) is 13.9. The van der Waals surface area contributed by atoms with Crippen molar-refractivity contribution in [1.29, 1.82) is 5.26 Å². The highest BCUT2D eigenvalue weighted by molar-refractivity contribution is 7.14. The van der Waals surface area contributed by atoms with E-state index in [0.717, 1.165) is 12.7 Å². The van der Waals surface area contributed by atoms with Gasteiger partial charge in [-0.3, -0.25) is 14.4 Å². The van der Waals surface area contributed by atoms with Gasteiger partial charge in [0.2, 0.25) is 11.8 Å². The predicted octanol–water partition coefficient (Wildman–Crippen LogP) is 3.56. The Bertz CT molecular complexity index is 1600. The summed E-state index contributed by atoms with van der Waals surface area (Å²) in [5, 5.41) is 17.3. The number of nitrogens with one attached hydrogen (secondary N) is 3. The van der Waals surface area contributed by atoms with Gasteiger partial charge in [0.15, 0.2) is 10.6 Å². The van der Waals surface area contributed by atoms with Gasteiger partial charge in [-0.2, -0.15) is 0 Å². The van der Waals surface area contributed by atoms with Crippen LogP contribution in [0.5, 0.6) is 5.75 Å². The number of carbonyl (C=O) groups excluding carboxylic acids is 3. The maximum Gasteiger partial charge on any atom is 0.332 e. The average Bonchev–Trinajstić information content (AvgIpc) is 3.27. The van der Waals surface area contributed by atoms with E-state index in [-0.39, 0.29) is 35.7 Å². The third-order valence-corrected chi connectivity index (χ3v) is 8.07. The lowest BCUT2D eigenvalue weighted by atomic mass is 9.44. The number of anilines is 1. The minimum absolute atomic E-state index is 0.0779. The number of carbonyl (C=O) groups is 3. The zero-order valence-corrected chi connectivity index (χ0v) is 23.8. The van der Waals surface area contributed by atoms with Crippen molar-refractivity contribution in [2.75, 3.05) is 19.5 Å². The zero-order chi connectivity index (χ0) is 29.7. The summed E-state index contributed by atoms with van der Waals surface area (Å²) in [6.45, 7) is 4.84. The van der Waals surface area contributed by atoms with Crippen molar-refractivity contribution in [3.05, 3.63) is 52.5 Å². The number of benzene rings is 1. The van der Waals surface area contributed by atoms with Crippen LogP contribution in [0.15, 0.2) is 47.1 Å². The molecule has 5 rings (SSSR count). The number of ether oxygens (including phenoxy) is 2. The molecule has 3 heterocycles. The van der Waals surface area contributed by atoms with Crippen LogP contribution < -0.4 is 20.8 Å². The number of fused-ring (bicyclic) bond motifs is 1. The summed E-state index contributed by atoms with van der Waals surface area (Å²) >= 11 is 1.30. The van der Waals surface area contributed by atoms with Crippen LogP contribution in [0.4, 0.5) is 5.13 Å². The van der Waals surface area contributed by atoms with Crippen molar-refractivity contribution in [1.82, 2.24) is 15.3 Å². The van der Waals surface area contributed by atoms with Crippen LogP contribution in [-0.2, 0) is 19.1 Å². The molecule has 1 aliphatic heterocycles. The van der Waals surface area contributed by atoms with E-state index in [2.05, 4.69) is 33.1 Å². The summed E-state index contributed by atoms with van der Waals surface area (Å²) in [7, 11) is 2.88. The second-order valence-electron chi connectivity index (χ2n) is 9.95. The highest BCUT2D eigenvalue weighted by Crippen LogP contribution is 2.46. The lowest BCUT2D eigenvalue weighted by Gasteiger charge is -2.19. The Morgan fingerprint density at radius 1 is 1.32 bits per heavy atom. The summed E-state index contributed by atoms with van der Waals surface area (Å²) < 4.78 is 9.93. The van der Waals surface area contributed by atoms with E-state index in [4.69, 9.17) is 14.7 Å². The van der Waals surface area contributed by atoms with Crippen LogP contribution in [0.3, 0.4) is 0 Å². The van der Waals surface area contributed by atoms with Gasteiger partial charge < -0.3 is 25.1 Å². The van der Waals surface area contributed by atoms with Crippen LogP contribution in [0, 0.1) is 17.1 Å². The van der Waals surface area contributed by atoms with Crippen molar-refractivity contribution in [3.8, 4) is 23.1 Å². The van der Waals surface area contributed by atoms with Gasteiger partial charge in [0.25, 0.3) is 6.71 Å². The first-order chi connectivity index (χ1) is 19.6. The Kier molecular flexibility index (Phi) is 8.93. The van der Waals surface area contributed by atoms with Gasteiger partial charge >= 0.3 is 5.97 Å². The molecular formula is C28H30BN5O6S. The van der Waals surface area contributed by atoms with Crippen molar-refractivity contribution in [2.45, 2.75) is 43.9 Å². The van der Waals surface area contributed by atoms with Crippen LogP contribution >= 0.6 is 11.3 Å². The molecule has 1 aromatic carbocycles. The molecule has 2 amide bonds. The Labute approximate surface area is 241 Å². The highest BCUT2D eigenvalue weighted by atomic mass is 32.1. The normalized spacial score (nSPS) is 20.7. The number of nitrogens with zero attached hydrogens (tertiary/aromatic N) is 2. The van der Waals surface area contributed by atoms with E-state index in [9.17, 15) is 19.2 Å². The number of amides is 2. The summed E-state index contributed by atoms with van der Waals surface area (Å²) in [4.78, 5) is 54.8. The van der Waals surface area contributed by atoms with Gasteiger partial charge in [-0.15, -0.1) is 17.9 Å². The fraction of sp³-hybridized carbons (Fsp3) is 0.357. The average molecular weight is 575 g/mol. The van der Waals surface area contributed by atoms with E-state index in [1.165, 1.54) is 31.4 Å². The van der Waals surface area contributed by atoms with Crippen molar-refractivity contribution in [3.63, 3.8) is 0 Å². The maximum atomic E-state index is 12.2. The molecule has 1 saturated heterocycles. The minimum atomic E-state index is -0.948. The molecular weight excluding hydrogens is 545 g/mol. The maximum absolute atomic E-state index is 12.2. The topological polar surface area (TPSA) is 163 Å². The first-order valence-electron chi connectivity index (χ1n) is 13.0. The molecule has 2 aromatic heterocycles. The number of aromatic amines is 1. The van der Waals surface area contributed by atoms with Gasteiger partial charge in [0, 0.05) is 47.5 Å². The summed E-state index contributed by atoms with van der Waals surface area (Å²) in [5.74, 6) is 1.63. The first kappa shape index (κ1) is 29.5. The molecule has 1 aliphatic carbocycles. The minimum Gasteiger partial charge on any atom is -0.497 e. The largest absolute Gasteiger partial charge is 0.497 e. The Morgan fingerprint density at radius 2 is 2.10 bits per heavy atom. The lowest BCUT2D eigenvalue weighted by molar-refractivity contribution is -0.146. The van der Waals surface area contributed by atoms with E-state index >= 15 is 0 Å².